The molecule has 3 N–H and O–H groups in total. The lowest BCUT2D eigenvalue weighted by Gasteiger charge is -2.04. The number of carboxylic acid groups (broad SMARTS) is 1. The summed E-state index contributed by atoms with van der Waals surface area (Å²) in [5, 5.41) is 11.8. The van der Waals surface area contributed by atoms with Crippen molar-refractivity contribution in [1.82, 2.24) is 0 Å². The summed E-state index contributed by atoms with van der Waals surface area (Å²) in [6, 6.07) is 3.57. The summed E-state index contributed by atoms with van der Waals surface area (Å²) in [6.45, 7) is 0. The van der Waals surface area contributed by atoms with Gasteiger partial charge in [-0.1, -0.05) is 0 Å². The monoisotopic (exact) mass is 319 g/mol. The van der Waals surface area contributed by atoms with Gasteiger partial charge in [-0.25, -0.2) is 4.79 Å². The fraction of sp³-hybridized carbons (Fsp3) is 0. The molecule has 0 atom stereocenters. The van der Waals surface area contributed by atoms with Crippen LogP contribution in [0, 0.1) is 3.57 Å². The predicted molar refractivity (Wildman–Crippen MR) is 65.9 cm³/mol. The predicted octanol–water partition coefficient (Wildman–Crippen LogP) is 2.79. The molecule has 0 bridgehead atoms. The van der Waals surface area contributed by atoms with E-state index >= 15 is 0 Å². The molecule has 0 amide bonds. The maximum absolute atomic E-state index is 10.9. The Morgan fingerprint density at radius 1 is 1.57 bits per heavy atom. The molecule has 14 heavy (non-hydrogen) atoms. The van der Waals surface area contributed by atoms with Gasteiger partial charge in [-0.05, 0) is 40.1 Å². The fourth-order valence-electron chi connectivity index (χ4n) is 1.27. The lowest BCUT2D eigenvalue weighted by molar-refractivity contribution is 0.0696. The van der Waals surface area contributed by atoms with Crippen LogP contribution in [-0.2, 0) is 0 Å². The number of hydrogen-bond acceptors (Lipinski definition) is 3. The number of anilines is 1. The van der Waals surface area contributed by atoms with E-state index in [1.54, 1.807) is 6.07 Å². The Bertz CT molecular complexity index is 521. The molecule has 0 saturated carbocycles. The van der Waals surface area contributed by atoms with E-state index < -0.39 is 5.97 Å². The maximum Gasteiger partial charge on any atom is 0.336 e. The number of nitrogen functional groups attached to an aromatic ring is 1. The van der Waals surface area contributed by atoms with Gasteiger partial charge in [0.15, 0.2) is 0 Å². The molecule has 0 fully saturated rings. The van der Waals surface area contributed by atoms with Crippen LogP contribution in [0.4, 0.5) is 5.69 Å². The summed E-state index contributed by atoms with van der Waals surface area (Å²) in [6.07, 6.45) is 0. The third-order valence-electron chi connectivity index (χ3n) is 1.96. The molecule has 1 aromatic heterocycles. The Labute approximate surface area is 97.7 Å². The number of carbonyl (C=O) groups is 1. The first-order chi connectivity index (χ1) is 6.61. The Morgan fingerprint density at radius 3 is 2.93 bits per heavy atom. The summed E-state index contributed by atoms with van der Waals surface area (Å²) in [5.74, 6) is -0.934. The molecule has 2 rings (SSSR count). The number of rotatable bonds is 1. The third kappa shape index (κ3) is 1.36. The van der Waals surface area contributed by atoms with E-state index in [-0.39, 0.29) is 5.56 Å². The summed E-state index contributed by atoms with van der Waals surface area (Å²) < 4.78 is 1.53. The largest absolute Gasteiger partial charge is 0.478 e. The molecule has 72 valence electrons. The number of carboxylic acids is 1. The Kier molecular flexibility index (Phi) is 2.36. The van der Waals surface area contributed by atoms with Crippen LogP contribution >= 0.6 is 33.9 Å². The van der Waals surface area contributed by atoms with Gasteiger partial charge in [-0.3, -0.25) is 0 Å². The zero-order valence-electron chi connectivity index (χ0n) is 6.95. The van der Waals surface area contributed by atoms with Crippen LogP contribution in [0.15, 0.2) is 17.5 Å². The van der Waals surface area contributed by atoms with Gasteiger partial charge in [0.05, 0.1) is 14.8 Å². The average molecular weight is 319 g/mol. The Hall–Kier alpha value is -0.820. The third-order valence-corrected chi connectivity index (χ3v) is 3.99. The van der Waals surface area contributed by atoms with Crippen LogP contribution in [0.3, 0.4) is 0 Å². The molecule has 0 radical (unpaired) electrons. The van der Waals surface area contributed by atoms with Gasteiger partial charge in [-0.2, -0.15) is 0 Å². The molecule has 1 heterocycles. The summed E-state index contributed by atoms with van der Waals surface area (Å²) in [4.78, 5) is 10.9. The minimum Gasteiger partial charge on any atom is -0.478 e. The van der Waals surface area contributed by atoms with Gasteiger partial charge in [-0.15, -0.1) is 11.3 Å². The smallest absolute Gasteiger partial charge is 0.336 e. The van der Waals surface area contributed by atoms with E-state index in [0.717, 1.165) is 10.1 Å². The Balaban J connectivity index is 2.87. The molecule has 1 aromatic carbocycles. The zero-order chi connectivity index (χ0) is 10.3. The van der Waals surface area contributed by atoms with Gasteiger partial charge in [0, 0.05) is 10.1 Å². The van der Waals surface area contributed by atoms with Crippen LogP contribution < -0.4 is 5.73 Å². The van der Waals surface area contributed by atoms with Crippen molar-refractivity contribution < 1.29 is 9.90 Å². The molecule has 0 aliphatic heterocycles. The van der Waals surface area contributed by atoms with E-state index in [0.29, 0.717) is 9.26 Å². The number of hydrogen-bond donors (Lipinski definition) is 2. The molecular formula is C9H6INO2S. The van der Waals surface area contributed by atoms with Crippen LogP contribution in [-0.4, -0.2) is 11.1 Å². The summed E-state index contributed by atoms with van der Waals surface area (Å²) in [7, 11) is 0. The first-order valence-corrected chi connectivity index (χ1v) is 5.75. The highest BCUT2D eigenvalue weighted by molar-refractivity contribution is 14.1. The number of halogens is 1. The van der Waals surface area contributed by atoms with Gasteiger partial charge in [0.25, 0.3) is 0 Å². The second-order valence-electron chi connectivity index (χ2n) is 2.79. The van der Waals surface area contributed by atoms with Crippen molar-refractivity contribution in [2.45, 2.75) is 0 Å². The number of nitrogens with two attached hydrogens (primary N) is 1. The van der Waals surface area contributed by atoms with Gasteiger partial charge in [0.1, 0.15) is 0 Å². The normalized spacial score (nSPS) is 10.6. The quantitative estimate of drug-likeness (QED) is 0.627. The molecule has 0 saturated heterocycles. The van der Waals surface area contributed by atoms with Crippen LogP contribution in [0.25, 0.3) is 10.1 Å². The maximum atomic E-state index is 10.9. The second-order valence-corrected chi connectivity index (χ2v) is 4.82. The van der Waals surface area contributed by atoms with Crippen LogP contribution in [0.5, 0.6) is 0 Å². The van der Waals surface area contributed by atoms with E-state index in [4.69, 9.17) is 10.8 Å². The molecule has 0 spiro atoms. The lowest BCUT2D eigenvalue weighted by Crippen LogP contribution is -2.02. The van der Waals surface area contributed by atoms with Crippen molar-refractivity contribution in [2.75, 3.05) is 5.73 Å². The number of thiophene rings is 1. The van der Waals surface area contributed by atoms with Crippen molar-refractivity contribution in [1.29, 1.82) is 0 Å². The van der Waals surface area contributed by atoms with Crippen LogP contribution in [0.1, 0.15) is 10.4 Å². The SMILES string of the molecule is Nc1c(I)c(C(=O)O)cc2sccc12. The lowest BCUT2D eigenvalue weighted by atomic mass is 10.1. The van der Waals surface area contributed by atoms with E-state index in [1.807, 2.05) is 34.0 Å². The highest BCUT2D eigenvalue weighted by atomic mass is 127. The zero-order valence-corrected chi connectivity index (χ0v) is 9.93. The molecule has 0 aliphatic rings. The first kappa shape index (κ1) is 9.72. The minimum atomic E-state index is -0.934. The fourth-order valence-corrected chi connectivity index (χ4v) is 2.79. The minimum absolute atomic E-state index is 0.276. The molecular weight excluding hydrogens is 313 g/mol. The topological polar surface area (TPSA) is 63.3 Å². The van der Waals surface area contributed by atoms with Gasteiger partial charge >= 0.3 is 5.97 Å². The number of aromatic carboxylic acids is 1. The second kappa shape index (κ2) is 3.39. The van der Waals surface area contributed by atoms with Crippen LogP contribution in [0.2, 0.25) is 0 Å². The molecule has 2 aromatic rings. The summed E-state index contributed by atoms with van der Waals surface area (Å²) >= 11 is 3.46. The van der Waals surface area contributed by atoms with E-state index in [1.165, 1.54) is 11.3 Å². The molecule has 5 heteroatoms. The molecule has 3 nitrogen and oxygen atoms in total. The van der Waals surface area contributed by atoms with Crippen molar-refractivity contribution >= 4 is 55.7 Å². The number of fused-ring (bicyclic) bond motifs is 1. The van der Waals surface area contributed by atoms with E-state index in [9.17, 15) is 4.79 Å². The average Bonchev–Trinajstić information content (AvgIpc) is 2.58. The van der Waals surface area contributed by atoms with Gasteiger partial charge in [0.2, 0.25) is 0 Å². The van der Waals surface area contributed by atoms with Gasteiger partial charge < -0.3 is 10.8 Å². The summed E-state index contributed by atoms with van der Waals surface area (Å²) in [5.41, 5.74) is 6.67. The number of benzene rings is 1. The first-order valence-electron chi connectivity index (χ1n) is 3.79. The van der Waals surface area contributed by atoms with E-state index in [2.05, 4.69) is 0 Å². The van der Waals surface area contributed by atoms with Crippen molar-refractivity contribution in [2.24, 2.45) is 0 Å². The molecule has 0 aliphatic carbocycles. The van der Waals surface area contributed by atoms with Crippen molar-refractivity contribution in [3.05, 3.63) is 26.6 Å². The van der Waals surface area contributed by atoms with Crippen molar-refractivity contribution in [3.63, 3.8) is 0 Å². The standard InChI is InChI=1S/C9H6INO2S/c10-7-5(9(12)13)3-6-4(8(7)11)1-2-14-6/h1-3H,11H2,(H,12,13). The highest BCUT2D eigenvalue weighted by Crippen LogP contribution is 2.32. The van der Waals surface area contributed by atoms with Crippen molar-refractivity contribution in [3.8, 4) is 0 Å². The molecule has 0 unspecified atom stereocenters. The Morgan fingerprint density at radius 2 is 2.29 bits per heavy atom. The highest BCUT2D eigenvalue weighted by Gasteiger charge is 2.14.